The molecule has 0 bridgehead atoms. The van der Waals surface area contributed by atoms with Gasteiger partial charge in [0.1, 0.15) is 11.5 Å². The van der Waals surface area contributed by atoms with Gasteiger partial charge in [0.2, 0.25) is 0 Å². The highest BCUT2D eigenvalue weighted by atomic mass is 32.1. The number of aromatic nitrogens is 2. The number of benzene rings is 4. The van der Waals surface area contributed by atoms with Crippen molar-refractivity contribution < 1.29 is 4.74 Å². The Bertz CT molecular complexity index is 1950. The maximum absolute atomic E-state index is 13.7. The predicted molar refractivity (Wildman–Crippen MR) is 150 cm³/mol. The van der Waals surface area contributed by atoms with Crippen LogP contribution in [-0.4, -0.2) is 9.38 Å². The molecule has 1 atom stereocenters. The summed E-state index contributed by atoms with van der Waals surface area (Å²) in [6.07, 6.45) is 2.02. The van der Waals surface area contributed by atoms with Gasteiger partial charge in [-0.25, -0.2) is 9.38 Å². The zero-order valence-corrected chi connectivity index (χ0v) is 20.9. The van der Waals surface area contributed by atoms with Gasteiger partial charge in [0, 0.05) is 22.6 Å². The largest absolute Gasteiger partial charge is 0.456 e. The Morgan fingerprint density at radius 1 is 0.838 bits per heavy atom. The molecule has 6 aromatic rings. The number of fused-ring (bicyclic) bond motifs is 4. The van der Waals surface area contributed by atoms with Gasteiger partial charge in [0.25, 0.3) is 5.56 Å². The van der Waals surface area contributed by atoms with Crippen LogP contribution in [-0.2, 0) is 0 Å². The third-order valence-corrected chi connectivity index (χ3v) is 7.95. The molecule has 178 valence electrons. The molecule has 0 saturated heterocycles. The van der Waals surface area contributed by atoms with Crippen molar-refractivity contribution >= 4 is 39.2 Å². The highest BCUT2D eigenvalue weighted by Crippen LogP contribution is 2.47. The first-order valence-corrected chi connectivity index (χ1v) is 13.0. The van der Waals surface area contributed by atoms with E-state index in [1.165, 1.54) is 22.5 Å². The summed E-state index contributed by atoms with van der Waals surface area (Å²) in [5.74, 6) is 1.51. The summed E-state index contributed by atoms with van der Waals surface area (Å²) < 4.78 is 8.94. The van der Waals surface area contributed by atoms with Crippen molar-refractivity contribution in [1.82, 2.24) is 9.38 Å². The number of imidazole rings is 1. The Balaban J connectivity index is 1.56. The minimum Gasteiger partial charge on any atom is -0.456 e. The van der Waals surface area contributed by atoms with E-state index >= 15 is 0 Å². The van der Waals surface area contributed by atoms with Crippen LogP contribution >= 0.6 is 11.3 Å². The predicted octanol–water partition coefficient (Wildman–Crippen LogP) is 6.35. The molecule has 0 spiro atoms. The number of allylic oxidation sites excluding steroid dienone is 1. The van der Waals surface area contributed by atoms with E-state index in [4.69, 9.17) is 9.72 Å². The summed E-state index contributed by atoms with van der Waals surface area (Å²) in [6, 6.07) is 34.5. The van der Waals surface area contributed by atoms with Gasteiger partial charge < -0.3 is 4.74 Å². The molecule has 1 aliphatic heterocycles. The minimum atomic E-state index is -0.0908. The van der Waals surface area contributed by atoms with Crippen LogP contribution in [0, 0.1) is 6.92 Å². The zero-order chi connectivity index (χ0) is 24.9. The Morgan fingerprint density at radius 3 is 2.38 bits per heavy atom. The summed E-state index contributed by atoms with van der Waals surface area (Å²) in [6.45, 7) is 2.14. The van der Waals surface area contributed by atoms with Crippen molar-refractivity contribution in [1.29, 1.82) is 0 Å². The molecule has 7 rings (SSSR count). The van der Waals surface area contributed by atoms with Gasteiger partial charge in [-0.1, -0.05) is 96.3 Å². The highest BCUT2D eigenvalue weighted by Gasteiger charge is 2.31. The number of hydrogen-bond acceptors (Lipinski definition) is 4. The molecule has 2 aromatic heterocycles. The minimum absolute atomic E-state index is 0.0593. The van der Waals surface area contributed by atoms with Crippen molar-refractivity contribution in [3.8, 4) is 5.75 Å². The lowest BCUT2D eigenvalue weighted by Gasteiger charge is -2.31. The molecule has 0 aliphatic carbocycles. The smallest absolute Gasteiger partial charge is 0.274 e. The SMILES string of the molecule is Cc1ccccc1[C@H]1C(C=c2sc3nc4ccccc4n3c2=O)=C(c2ccccc2)Oc2ccccc21. The second-order valence-corrected chi connectivity index (χ2v) is 10.2. The second-order valence-electron chi connectivity index (χ2n) is 9.21. The fourth-order valence-corrected chi connectivity index (χ4v) is 6.22. The van der Waals surface area contributed by atoms with Crippen molar-refractivity contribution in [3.63, 3.8) is 0 Å². The summed E-state index contributed by atoms with van der Waals surface area (Å²) >= 11 is 1.42. The topological polar surface area (TPSA) is 43.6 Å². The van der Waals surface area contributed by atoms with Crippen LogP contribution in [0.3, 0.4) is 0 Å². The highest BCUT2D eigenvalue weighted by molar-refractivity contribution is 7.15. The molecular weight excluding hydrogens is 476 g/mol. The monoisotopic (exact) mass is 498 g/mol. The number of aryl methyl sites for hydroxylation is 1. The molecule has 5 heteroatoms. The molecule has 0 unspecified atom stereocenters. The second kappa shape index (κ2) is 8.57. The lowest BCUT2D eigenvalue weighted by atomic mass is 9.79. The lowest BCUT2D eigenvalue weighted by Crippen LogP contribution is -2.25. The van der Waals surface area contributed by atoms with E-state index in [0.29, 0.717) is 9.49 Å². The van der Waals surface area contributed by atoms with Gasteiger partial charge in [-0.05, 0) is 42.3 Å². The molecule has 0 fully saturated rings. The van der Waals surface area contributed by atoms with E-state index in [9.17, 15) is 4.79 Å². The van der Waals surface area contributed by atoms with Crippen LogP contribution in [0.1, 0.15) is 28.2 Å². The summed E-state index contributed by atoms with van der Waals surface area (Å²) in [5, 5.41) is 0. The standard InChI is InChI=1S/C32H22N2O2S/c1-20-11-5-6-14-22(20)29-23-15-7-10-18-27(23)36-30(21-12-3-2-4-13-21)24(29)19-28-31(35)34-26-17-9-8-16-25(26)33-32(34)37-28/h2-19,29H,1H3/t29-/m1/s1. The Kier molecular flexibility index (Phi) is 5.05. The molecule has 0 saturated carbocycles. The first-order chi connectivity index (χ1) is 18.2. The Hall–Kier alpha value is -4.48. The molecule has 4 aromatic carbocycles. The molecule has 3 heterocycles. The third-order valence-electron chi connectivity index (χ3n) is 6.98. The average molecular weight is 499 g/mol. The number of rotatable bonds is 3. The Labute approximate surface area is 217 Å². The molecule has 0 radical (unpaired) electrons. The van der Waals surface area contributed by atoms with Gasteiger partial charge in [-0.15, -0.1) is 0 Å². The molecule has 1 aliphatic rings. The number of thiazole rings is 1. The summed E-state index contributed by atoms with van der Waals surface area (Å²) in [4.78, 5) is 19.1. The quantitative estimate of drug-likeness (QED) is 0.285. The summed E-state index contributed by atoms with van der Waals surface area (Å²) in [5.41, 5.74) is 7.00. The number of hydrogen-bond donors (Lipinski definition) is 0. The van der Waals surface area contributed by atoms with E-state index in [1.807, 2.05) is 66.7 Å². The lowest BCUT2D eigenvalue weighted by molar-refractivity contribution is 0.488. The number of para-hydroxylation sites is 3. The van der Waals surface area contributed by atoms with Gasteiger partial charge in [-0.2, -0.15) is 0 Å². The molecule has 0 amide bonds. The van der Waals surface area contributed by atoms with Gasteiger partial charge in [0.15, 0.2) is 4.96 Å². The maximum atomic E-state index is 13.7. The third kappa shape index (κ3) is 3.51. The van der Waals surface area contributed by atoms with E-state index in [-0.39, 0.29) is 11.5 Å². The van der Waals surface area contributed by atoms with Crippen molar-refractivity contribution in [2.24, 2.45) is 0 Å². The van der Waals surface area contributed by atoms with Crippen molar-refractivity contribution in [2.45, 2.75) is 12.8 Å². The first kappa shape index (κ1) is 21.8. The van der Waals surface area contributed by atoms with Crippen LogP contribution < -0.4 is 14.8 Å². The van der Waals surface area contributed by atoms with E-state index in [1.54, 1.807) is 4.40 Å². The van der Waals surface area contributed by atoms with Crippen LogP contribution in [0.15, 0.2) is 113 Å². The molecule has 4 nitrogen and oxygen atoms in total. The molecule has 0 N–H and O–H groups in total. The fraction of sp³-hybridized carbons (Fsp3) is 0.0625. The van der Waals surface area contributed by atoms with E-state index in [2.05, 4.69) is 49.4 Å². The van der Waals surface area contributed by atoms with Gasteiger partial charge in [-0.3, -0.25) is 4.79 Å². The molecular formula is C32H22N2O2S. The van der Waals surface area contributed by atoms with Crippen molar-refractivity contribution in [3.05, 3.63) is 146 Å². The molecule has 37 heavy (non-hydrogen) atoms. The zero-order valence-electron chi connectivity index (χ0n) is 20.1. The normalized spacial score (nSPS) is 15.8. The van der Waals surface area contributed by atoms with Crippen LogP contribution in [0.25, 0.3) is 27.8 Å². The summed E-state index contributed by atoms with van der Waals surface area (Å²) in [7, 11) is 0. The fourth-order valence-electron chi connectivity index (χ4n) is 5.24. The number of nitrogens with zero attached hydrogens (tertiary/aromatic N) is 2. The van der Waals surface area contributed by atoms with E-state index < -0.39 is 0 Å². The van der Waals surface area contributed by atoms with Crippen molar-refractivity contribution in [2.75, 3.05) is 0 Å². The van der Waals surface area contributed by atoms with Crippen LogP contribution in [0.2, 0.25) is 0 Å². The Morgan fingerprint density at radius 2 is 1.54 bits per heavy atom. The van der Waals surface area contributed by atoms with Gasteiger partial charge >= 0.3 is 0 Å². The number of ether oxygens (including phenoxy) is 1. The first-order valence-electron chi connectivity index (χ1n) is 12.2. The van der Waals surface area contributed by atoms with Crippen LogP contribution in [0.4, 0.5) is 0 Å². The average Bonchev–Trinajstić information content (AvgIpc) is 3.45. The van der Waals surface area contributed by atoms with Gasteiger partial charge in [0.05, 0.1) is 15.6 Å². The van der Waals surface area contributed by atoms with E-state index in [0.717, 1.165) is 39.2 Å². The van der Waals surface area contributed by atoms with Crippen LogP contribution in [0.5, 0.6) is 5.75 Å². The maximum Gasteiger partial charge on any atom is 0.274 e.